The maximum Gasteiger partial charge on any atom is 0.159 e. The van der Waals surface area contributed by atoms with Crippen molar-refractivity contribution in [2.45, 2.75) is 20.3 Å². The van der Waals surface area contributed by atoms with E-state index in [0.717, 1.165) is 28.4 Å². The van der Waals surface area contributed by atoms with E-state index in [2.05, 4.69) is 17.2 Å². The molecule has 0 spiro atoms. The molecule has 1 aromatic heterocycles. The first-order valence-electron chi connectivity index (χ1n) is 5.51. The van der Waals surface area contributed by atoms with Crippen LogP contribution in [0.25, 0.3) is 0 Å². The second-order valence-electron chi connectivity index (χ2n) is 3.74. The molecule has 0 unspecified atom stereocenters. The van der Waals surface area contributed by atoms with Crippen molar-refractivity contribution in [3.63, 3.8) is 0 Å². The van der Waals surface area contributed by atoms with Crippen molar-refractivity contribution in [1.82, 2.24) is 4.98 Å². The molecule has 1 aromatic carbocycles. The van der Waals surface area contributed by atoms with Crippen LogP contribution in [-0.4, -0.2) is 10.8 Å². The Morgan fingerprint density at radius 2 is 2.29 bits per heavy atom. The summed E-state index contributed by atoms with van der Waals surface area (Å²) < 4.78 is 0. The van der Waals surface area contributed by atoms with Gasteiger partial charge in [-0.2, -0.15) is 0 Å². The van der Waals surface area contributed by atoms with Gasteiger partial charge in [-0.3, -0.25) is 4.79 Å². The lowest BCUT2D eigenvalue weighted by Gasteiger charge is -2.06. The van der Waals surface area contributed by atoms with Crippen LogP contribution in [0.3, 0.4) is 0 Å². The average molecular weight is 246 g/mol. The Morgan fingerprint density at radius 1 is 1.47 bits per heavy atom. The van der Waals surface area contributed by atoms with E-state index in [9.17, 15) is 4.79 Å². The van der Waals surface area contributed by atoms with Crippen molar-refractivity contribution in [2.24, 2.45) is 0 Å². The Labute approximate surface area is 105 Å². The number of carbonyl (C=O) groups excluding carboxylic acids is 1. The maximum absolute atomic E-state index is 11.3. The van der Waals surface area contributed by atoms with Crippen LogP contribution in [0, 0.1) is 0 Å². The van der Waals surface area contributed by atoms with Gasteiger partial charge in [-0.15, -0.1) is 11.3 Å². The van der Waals surface area contributed by atoms with Crippen molar-refractivity contribution in [2.75, 3.05) is 5.32 Å². The van der Waals surface area contributed by atoms with Crippen LogP contribution in [0.15, 0.2) is 29.8 Å². The van der Waals surface area contributed by atoms with Gasteiger partial charge in [0.25, 0.3) is 0 Å². The molecule has 0 amide bonds. The van der Waals surface area contributed by atoms with E-state index in [-0.39, 0.29) is 5.78 Å². The molecular formula is C13H14N2OS. The molecule has 0 fully saturated rings. The first kappa shape index (κ1) is 11.8. The zero-order valence-electron chi connectivity index (χ0n) is 9.86. The number of aromatic nitrogens is 1. The summed E-state index contributed by atoms with van der Waals surface area (Å²) in [5.74, 6) is 0.0775. The van der Waals surface area contributed by atoms with Crippen molar-refractivity contribution < 1.29 is 4.79 Å². The first-order valence-corrected chi connectivity index (χ1v) is 6.39. The molecule has 0 atom stereocenters. The molecule has 88 valence electrons. The third kappa shape index (κ3) is 2.71. The van der Waals surface area contributed by atoms with Crippen LogP contribution < -0.4 is 5.32 Å². The highest BCUT2D eigenvalue weighted by molar-refractivity contribution is 7.14. The molecule has 0 aliphatic carbocycles. The number of benzene rings is 1. The minimum absolute atomic E-state index is 0.0775. The normalized spacial score (nSPS) is 10.2. The Kier molecular flexibility index (Phi) is 3.54. The minimum Gasteiger partial charge on any atom is -0.346 e. The van der Waals surface area contributed by atoms with Crippen molar-refractivity contribution in [3.8, 4) is 0 Å². The fourth-order valence-electron chi connectivity index (χ4n) is 1.57. The second-order valence-corrected chi connectivity index (χ2v) is 4.60. The monoisotopic (exact) mass is 246 g/mol. The standard InChI is InChI=1S/C13H14N2OS/c1-3-12-13(17-8-14-12)15-11-6-4-5-10(7-11)9(2)16/h4-8,15H,3H2,1-2H3. The van der Waals surface area contributed by atoms with Crippen LogP contribution >= 0.6 is 11.3 Å². The first-order chi connectivity index (χ1) is 8.20. The zero-order valence-corrected chi connectivity index (χ0v) is 10.7. The number of aryl methyl sites for hydroxylation is 1. The predicted octanol–water partition coefficient (Wildman–Crippen LogP) is 3.65. The van der Waals surface area contributed by atoms with Gasteiger partial charge in [-0.05, 0) is 25.5 Å². The molecule has 0 saturated heterocycles. The van der Waals surface area contributed by atoms with Gasteiger partial charge in [-0.25, -0.2) is 4.98 Å². The molecule has 1 heterocycles. The fourth-order valence-corrected chi connectivity index (χ4v) is 2.37. The van der Waals surface area contributed by atoms with Gasteiger partial charge in [0, 0.05) is 11.3 Å². The number of hydrogen-bond acceptors (Lipinski definition) is 4. The van der Waals surface area contributed by atoms with Gasteiger partial charge in [0.15, 0.2) is 5.78 Å². The number of carbonyl (C=O) groups is 1. The Bertz CT molecular complexity index is 534. The summed E-state index contributed by atoms with van der Waals surface area (Å²) in [7, 11) is 0. The summed E-state index contributed by atoms with van der Waals surface area (Å²) in [4.78, 5) is 15.6. The number of thiazole rings is 1. The molecule has 0 bridgehead atoms. The lowest BCUT2D eigenvalue weighted by molar-refractivity contribution is 0.101. The lowest BCUT2D eigenvalue weighted by Crippen LogP contribution is -1.96. The highest BCUT2D eigenvalue weighted by Gasteiger charge is 2.05. The summed E-state index contributed by atoms with van der Waals surface area (Å²) in [6.07, 6.45) is 0.901. The molecule has 0 aliphatic heterocycles. The molecule has 2 rings (SSSR count). The van der Waals surface area contributed by atoms with Crippen LogP contribution in [0.5, 0.6) is 0 Å². The van der Waals surface area contributed by atoms with E-state index in [0.29, 0.717) is 0 Å². The van der Waals surface area contributed by atoms with E-state index in [1.165, 1.54) is 0 Å². The summed E-state index contributed by atoms with van der Waals surface area (Å²) in [6, 6.07) is 7.51. The van der Waals surface area contributed by atoms with Gasteiger partial charge in [0.2, 0.25) is 0 Å². The van der Waals surface area contributed by atoms with Gasteiger partial charge >= 0.3 is 0 Å². The van der Waals surface area contributed by atoms with Crippen LogP contribution in [0.4, 0.5) is 10.7 Å². The number of hydrogen-bond donors (Lipinski definition) is 1. The predicted molar refractivity (Wildman–Crippen MR) is 71.2 cm³/mol. The largest absolute Gasteiger partial charge is 0.346 e. The minimum atomic E-state index is 0.0775. The SMILES string of the molecule is CCc1ncsc1Nc1cccc(C(C)=O)c1. The molecule has 4 heteroatoms. The van der Waals surface area contributed by atoms with E-state index in [1.807, 2.05) is 29.8 Å². The highest BCUT2D eigenvalue weighted by atomic mass is 32.1. The molecule has 2 aromatic rings. The van der Waals surface area contributed by atoms with Crippen molar-refractivity contribution in [1.29, 1.82) is 0 Å². The lowest BCUT2D eigenvalue weighted by atomic mass is 10.1. The summed E-state index contributed by atoms with van der Waals surface area (Å²) in [6.45, 7) is 3.65. The number of rotatable bonds is 4. The topological polar surface area (TPSA) is 42.0 Å². The zero-order chi connectivity index (χ0) is 12.3. The number of Topliss-reactive ketones (excluding diaryl/α,β-unsaturated/α-hetero) is 1. The summed E-state index contributed by atoms with van der Waals surface area (Å²) >= 11 is 1.58. The molecule has 1 N–H and O–H groups in total. The summed E-state index contributed by atoms with van der Waals surface area (Å²) in [5.41, 5.74) is 4.54. The Balaban J connectivity index is 2.24. The second kappa shape index (κ2) is 5.10. The number of nitrogens with zero attached hydrogens (tertiary/aromatic N) is 1. The summed E-state index contributed by atoms with van der Waals surface area (Å²) in [5, 5.41) is 4.35. The Hall–Kier alpha value is -1.68. The third-order valence-corrected chi connectivity index (χ3v) is 3.29. The van der Waals surface area contributed by atoms with Gasteiger partial charge < -0.3 is 5.32 Å². The number of ketones is 1. The number of nitrogens with one attached hydrogen (secondary N) is 1. The van der Waals surface area contributed by atoms with Crippen LogP contribution in [-0.2, 0) is 6.42 Å². The van der Waals surface area contributed by atoms with E-state index in [4.69, 9.17) is 0 Å². The quantitative estimate of drug-likeness (QED) is 0.837. The smallest absolute Gasteiger partial charge is 0.159 e. The molecule has 0 saturated carbocycles. The van der Waals surface area contributed by atoms with Crippen LogP contribution in [0.1, 0.15) is 29.9 Å². The van der Waals surface area contributed by atoms with Crippen LogP contribution in [0.2, 0.25) is 0 Å². The highest BCUT2D eigenvalue weighted by Crippen LogP contribution is 2.25. The van der Waals surface area contributed by atoms with Gasteiger partial charge in [0.05, 0.1) is 11.2 Å². The number of anilines is 2. The van der Waals surface area contributed by atoms with Gasteiger partial charge in [0.1, 0.15) is 5.00 Å². The van der Waals surface area contributed by atoms with E-state index in [1.54, 1.807) is 18.3 Å². The molecular weight excluding hydrogens is 232 g/mol. The van der Waals surface area contributed by atoms with Gasteiger partial charge in [-0.1, -0.05) is 19.1 Å². The molecule has 0 radical (unpaired) electrons. The molecule has 17 heavy (non-hydrogen) atoms. The Morgan fingerprint density at radius 3 is 3.00 bits per heavy atom. The van der Waals surface area contributed by atoms with E-state index >= 15 is 0 Å². The fraction of sp³-hybridized carbons (Fsp3) is 0.231. The van der Waals surface area contributed by atoms with E-state index < -0.39 is 0 Å². The average Bonchev–Trinajstić information content (AvgIpc) is 2.76. The molecule has 0 aliphatic rings. The third-order valence-electron chi connectivity index (χ3n) is 2.50. The molecule has 3 nitrogen and oxygen atoms in total. The maximum atomic E-state index is 11.3. The van der Waals surface area contributed by atoms with Crippen molar-refractivity contribution >= 4 is 27.8 Å². The van der Waals surface area contributed by atoms with Crippen molar-refractivity contribution in [3.05, 3.63) is 41.0 Å².